The molecule has 1 aromatic rings. The molecule has 0 saturated carbocycles. The maximum absolute atomic E-state index is 11.6. The molecule has 5 heteroatoms. The highest BCUT2D eigenvalue weighted by Gasteiger charge is 2.17. The molecule has 4 nitrogen and oxygen atoms in total. The zero-order chi connectivity index (χ0) is 12.0. The zero-order valence-electron chi connectivity index (χ0n) is 9.05. The number of carbonyl (C=O) groups is 1. The lowest BCUT2D eigenvalue weighted by molar-refractivity contribution is 0.101. The average molecular weight is 242 g/mol. The minimum Gasteiger partial charge on any atom is -0.293 e. The van der Waals surface area contributed by atoms with Gasteiger partial charge in [0, 0.05) is 5.56 Å². The topological polar surface area (TPSA) is 60.4 Å². The number of carbonyl (C=O) groups excluding carboxylic acids is 1. The Morgan fingerprint density at radius 1 is 1.25 bits per heavy atom. The highest BCUT2D eigenvalue weighted by Crippen LogP contribution is 2.04. The molecule has 0 fully saturated rings. The van der Waals surface area contributed by atoms with Crippen LogP contribution in [0, 0.1) is 0 Å². The van der Waals surface area contributed by atoms with Gasteiger partial charge in [-0.2, -0.15) is 8.42 Å². The molecule has 1 rings (SSSR count). The van der Waals surface area contributed by atoms with Crippen LogP contribution in [0.3, 0.4) is 0 Å². The van der Waals surface area contributed by atoms with Gasteiger partial charge < -0.3 is 0 Å². The first kappa shape index (κ1) is 12.9. The summed E-state index contributed by atoms with van der Waals surface area (Å²) in [5.41, 5.74) is 0.381. The highest BCUT2D eigenvalue weighted by molar-refractivity contribution is 7.87. The Kier molecular flexibility index (Phi) is 4.64. The van der Waals surface area contributed by atoms with Crippen molar-refractivity contribution in [2.24, 2.45) is 0 Å². The van der Waals surface area contributed by atoms with Crippen molar-refractivity contribution in [2.75, 3.05) is 12.4 Å². The van der Waals surface area contributed by atoms with Gasteiger partial charge in [0.1, 0.15) is 5.75 Å². The minimum absolute atomic E-state index is 0.115. The summed E-state index contributed by atoms with van der Waals surface area (Å²) in [5.74, 6) is -1.05. The monoisotopic (exact) mass is 242 g/mol. The number of rotatable bonds is 6. The molecule has 0 aliphatic heterocycles. The molecule has 0 aliphatic carbocycles. The molecule has 0 radical (unpaired) electrons. The van der Waals surface area contributed by atoms with Crippen molar-refractivity contribution in [1.29, 1.82) is 0 Å². The lowest BCUT2D eigenvalue weighted by Crippen LogP contribution is -2.18. The predicted octanol–water partition coefficient (Wildman–Crippen LogP) is 1.63. The molecule has 0 atom stereocenters. The van der Waals surface area contributed by atoms with Crippen LogP contribution in [0.5, 0.6) is 0 Å². The summed E-state index contributed by atoms with van der Waals surface area (Å²) in [6, 6.07) is 8.30. The van der Waals surface area contributed by atoms with E-state index in [1.165, 1.54) is 0 Å². The molecule has 0 unspecified atom stereocenters. The van der Waals surface area contributed by atoms with Crippen LogP contribution in [0.25, 0.3) is 0 Å². The fourth-order valence-electron chi connectivity index (χ4n) is 1.12. The van der Waals surface area contributed by atoms with E-state index in [2.05, 4.69) is 4.18 Å². The number of benzene rings is 1. The van der Waals surface area contributed by atoms with Crippen LogP contribution in [0.1, 0.15) is 23.7 Å². The molecule has 0 heterocycles. The summed E-state index contributed by atoms with van der Waals surface area (Å²) in [7, 11) is -3.74. The molecule has 0 spiro atoms. The molecular weight excluding hydrogens is 228 g/mol. The van der Waals surface area contributed by atoms with Crippen LogP contribution in [0.15, 0.2) is 30.3 Å². The highest BCUT2D eigenvalue weighted by atomic mass is 32.2. The first-order valence-corrected chi connectivity index (χ1v) is 6.58. The Labute approximate surface area is 95.4 Å². The summed E-state index contributed by atoms with van der Waals surface area (Å²) in [6.45, 7) is 1.92. The smallest absolute Gasteiger partial charge is 0.274 e. The Balaban J connectivity index is 2.65. The van der Waals surface area contributed by atoms with Gasteiger partial charge in [0.15, 0.2) is 5.78 Å². The van der Waals surface area contributed by atoms with Gasteiger partial charge in [0.05, 0.1) is 6.61 Å². The third-order valence-corrected chi connectivity index (χ3v) is 3.01. The number of Topliss-reactive ketones (excluding diaryl/α,β-unsaturated/α-hetero) is 1. The van der Waals surface area contributed by atoms with Crippen LogP contribution in [0.2, 0.25) is 0 Å². The molecule has 0 aromatic heterocycles. The molecule has 0 N–H and O–H groups in total. The van der Waals surface area contributed by atoms with Gasteiger partial charge in [-0.3, -0.25) is 8.98 Å². The van der Waals surface area contributed by atoms with Gasteiger partial charge in [-0.05, 0) is 6.42 Å². The molecule has 16 heavy (non-hydrogen) atoms. The van der Waals surface area contributed by atoms with E-state index in [-0.39, 0.29) is 6.61 Å². The Bertz CT molecular complexity index is 436. The summed E-state index contributed by atoms with van der Waals surface area (Å²) in [5, 5.41) is 0. The standard InChI is InChI=1S/C11H14O4S/c1-2-8-15-16(13,14)9-11(12)10-6-4-3-5-7-10/h3-7H,2,8-9H2,1H3. The van der Waals surface area contributed by atoms with Crippen molar-refractivity contribution < 1.29 is 17.4 Å². The summed E-state index contributed by atoms with van der Waals surface area (Å²) in [6.07, 6.45) is 0.596. The van der Waals surface area contributed by atoms with Gasteiger partial charge in [0.25, 0.3) is 10.1 Å². The fourth-order valence-corrected chi connectivity index (χ4v) is 2.11. The van der Waals surface area contributed by atoms with Crippen molar-refractivity contribution in [3.8, 4) is 0 Å². The molecule has 0 aliphatic rings. The second kappa shape index (κ2) is 5.77. The largest absolute Gasteiger partial charge is 0.293 e. The van der Waals surface area contributed by atoms with Crippen LogP contribution < -0.4 is 0 Å². The normalized spacial score (nSPS) is 11.3. The lowest BCUT2D eigenvalue weighted by atomic mass is 10.2. The van der Waals surface area contributed by atoms with E-state index in [0.29, 0.717) is 12.0 Å². The molecule has 1 aromatic carbocycles. The zero-order valence-corrected chi connectivity index (χ0v) is 9.87. The Morgan fingerprint density at radius 2 is 1.88 bits per heavy atom. The lowest BCUT2D eigenvalue weighted by Gasteiger charge is -2.03. The number of ketones is 1. The molecule has 88 valence electrons. The summed E-state index contributed by atoms with van der Waals surface area (Å²) < 4.78 is 27.3. The second-order valence-electron chi connectivity index (χ2n) is 3.31. The van der Waals surface area contributed by atoms with E-state index in [1.807, 2.05) is 0 Å². The molecule has 0 amide bonds. The van der Waals surface area contributed by atoms with E-state index < -0.39 is 21.7 Å². The van der Waals surface area contributed by atoms with Crippen molar-refractivity contribution in [3.05, 3.63) is 35.9 Å². The van der Waals surface area contributed by atoms with Gasteiger partial charge in [-0.15, -0.1) is 0 Å². The van der Waals surface area contributed by atoms with Crippen molar-refractivity contribution >= 4 is 15.9 Å². The second-order valence-corrected chi connectivity index (χ2v) is 4.95. The summed E-state index contributed by atoms with van der Waals surface area (Å²) in [4.78, 5) is 11.6. The first-order chi connectivity index (χ1) is 7.55. The number of hydrogen-bond donors (Lipinski definition) is 0. The van der Waals surface area contributed by atoms with Gasteiger partial charge in [0.2, 0.25) is 0 Å². The van der Waals surface area contributed by atoms with Crippen molar-refractivity contribution in [1.82, 2.24) is 0 Å². The first-order valence-electron chi connectivity index (χ1n) is 5.00. The van der Waals surface area contributed by atoms with E-state index >= 15 is 0 Å². The Morgan fingerprint density at radius 3 is 2.44 bits per heavy atom. The van der Waals surface area contributed by atoms with Gasteiger partial charge in [-0.25, -0.2) is 0 Å². The quantitative estimate of drug-likeness (QED) is 0.562. The SMILES string of the molecule is CCCOS(=O)(=O)CC(=O)c1ccccc1. The van der Waals surface area contributed by atoms with Crippen LogP contribution in [-0.4, -0.2) is 26.6 Å². The van der Waals surface area contributed by atoms with Crippen LogP contribution in [-0.2, 0) is 14.3 Å². The van der Waals surface area contributed by atoms with Crippen LogP contribution in [0.4, 0.5) is 0 Å². The van der Waals surface area contributed by atoms with Crippen molar-refractivity contribution in [3.63, 3.8) is 0 Å². The van der Waals surface area contributed by atoms with E-state index in [9.17, 15) is 13.2 Å². The summed E-state index contributed by atoms with van der Waals surface area (Å²) >= 11 is 0. The molecule has 0 saturated heterocycles. The van der Waals surface area contributed by atoms with Crippen molar-refractivity contribution in [2.45, 2.75) is 13.3 Å². The minimum atomic E-state index is -3.74. The average Bonchev–Trinajstić information content (AvgIpc) is 2.27. The maximum Gasteiger partial charge on any atom is 0.274 e. The number of hydrogen-bond acceptors (Lipinski definition) is 4. The Hall–Kier alpha value is -1.20. The van der Waals surface area contributed by atoms with Gasteiger partial charge in [-0.1, -0.05) is 37.3 Å². The van der Waals surface area contributed by atoms with E-state index in [1.54, 1.807) is 37.3 Å². The van der Waals surface area contributed by atoms with E-state index in [4.69, 9.17) is 0 Å². The molecule has 0 bridgehead atoms. The van der Waals surface area contributed by atoms with Gasteiger partial charge >= 0.3 is 0 Å². The van der Waals surface area contributed by atoms with Crippen LogP contribution >= 0.6 is 0 Å². The fraction of sp³-hybridized carbons (Fsp3) is 0.364. The molecular formula is C11H14O4S. The van der Waals surface area contributed by atoms with E-state index in [0.717, 1.165) is 0 Å². The third-order valence-electron chi connectivity index (χ3n) is 1.87. The predicted molar refractivity (Wildman–Crippen MR) is 60.8 cm³/mol. The third kappa shape index (κ3) is 4.12. The maximum atomic E-state index is 11.6.